The first-order valence-electron chi connectivity index (χ1n) is 5.18. The summed E-state index contributed by atoms with van der Waals surface area (Å²) in [4.78, 5) is 16.8. The van der Waals surface area contributed by atoms with Gasteiger partial charge in [0.1, 0.15) is 11.6 Å². The van der Waals surface area contributed by atoms with E-state index in [0.29, 0.717) is 0 Å². The zero-order valence-corrected chi connectivity index (χ0v) is 10.8. The molecule has 0 bridgehead atoms. The Morgan fingerprint density at radius 2 is 1.53 bits per heavy atom. The second-order valence-electron chi connectivity index (χ2n) is 5.59. The molecule has 0 aliphatic carbocycles. The van der Waals surface area contributed by atoms with Crippen LogP contribution in [0.25, 0.3) is 0 Å². The van der Waals surface area contributed by atoms with E-state index < -0.39 is 11.6 Å². The van der Waals surface area contributed by atoms with E-state index >= 15 is 0 Å². The molecule has 90 valence electrons. The molecule has 0 saturated carbocycles. The van der Waals surface area contributed by atoms with Crippen molar-refractivity contribution >= 4 is 5.97 Å². The SMILES string of the molecule is CC(NOC(C)(C)C)C(=O)OC(C)(C)C. The Bertz CT molecular complexity index is 213. The van der Waals surface area contributed by atoms with Gasteiger partial charge in [0.2, 0.25) is 0 Å². The molecule has 0 aliphatic rings. The van der Waals surface area contributed by atoms with Gasteiger partial charge in [0.25, 0.3) is 0 Å². The minimum atomic E-state index is -0.469. The third-order valence-corrected chi connectivity index (χ3v) is 1.30. The molecular formula is C11H23NO3. The summed E-state index contributed by atoms with van der Waals surface area (Å²) in [5.41, 5.74) is 1.88. The van der Waals surface area contributed by atoms with Crippen molar-refractivity contribution in [1.29, 1.82) is 0 Å². The molecule has 0 heterocycles. The van der Waals surface area contributed by atoms with Crippen molar-refractivity contribution in [3.8, 4) is 0 Å². The Balaban J connectivity index is 4.01. The van der Waals surface area contributed by atoms with Gasteiger partial charge in [-0.3, -0.25) is 9.63 Å². The summed E-state index contributed by atoms with van der Waals surface area (Å²) < 4.78 is 5.18. The number of hydrogen-bond donors (Lipinski definition) is 1. The summed E-state index contributed by atoms with van der Waals surface area (Å²) in [6.07, 6.45) is 0. The number of ether oxygens (including phenoxy) is 1. The van der Waals surface area contributed by atoms with Crippen molar-refractivity contribution in [3.63, 3.8) is 0 Å². The topological polar surface area (TPSA) is 47.6 Å². The molecule has 1 unspecified atom stereocenters. The van der Waals surface area contributed by atoms with Crippen LogP contribution >= 0.6 is 0 Å². The van der Waals surface area contributed by atoms with E-state index in [4.69, 9.17) is 9.57 Å². The van der Waals surface area contributed by atoms with Gasteiger partial charge < -0.3 is 4.74 Å². The van der Waals surface area contributed by atoms with Crippen LogP contribution in [-0.4, -0.2) is 23.2 Å². The van der Waals surface area contributed by atoms with Gasteiger partial charge in [-0.2, -0.15) is 5.48 Å². The average molecular weight is 217 g/mol. The van der Waals surface area contributed by atoms with Crippen LogP contribution in [0.3, 0.4) is 0 Å². The zero-order chi connectivity index (χ0) is 12.3. The van der Waals surface area contributed by atoms with Crippen molar-refractivity contribution in [2.45, 2.75) is 65.7 Å². The molecule has 0 aromatic carbocycles. The normalized spacial score (nSPS) is 14.9. The van der Waals surface area contributed by atoms with Gasteiger partial charge in [-0.15, -0.1) is 0 Å². The number of carbonyl (C=O) groups is 1. The molecule has 4 nitrogen and oxygen atoms in total. The largest absolute Gasteiger partial charge is 0.459 e. The van der Waals surface area contributed by atoms with Crippen molar-refractivity contribution in [3.05, 3.63) is 0 Å². The van der Waals surface area contributed by atoms with E-state index in [-0.39, 0.29) is 11.6 Å². The molecule has 0 saturated heterocycles. The number of rotatable bonds is 3. The van der Waals surface area contributed by atoms with Gasteiger partial charge in [0.05, 0.1) is 5.60 Å². The number of esters is 1. The van der Waals surface area contributed by atoms with Crippen LogP contribution in [0, 0.1) is 0 Å². The van der Waals surface area contributed by atoms with E-state index in [1.165, 1.54) is 0 Å². The van der Waals surface area contributed by atoms with E-state index in [0.717, 1.165) is 0 Å². The Hall–Kier alpha value is -0.610. The van der Waals surface area contributed by atoms with Crippen LogP contribution in [0.15, 0.2) is 0 Å². The van der Waals surface area contributed by atoms with Crippen LogP contribution in [0.5, 0.6) is 0 Å². The first-order chi connectivity index (χ1) is 6.51. The molecule has 0 fully saturated rings. The molecule has 4 heteroatoms. The van der Waals surface area contributed by atoms with Crippen LogP contribution < -0.4 is 5.48 Å². The van der Waals surface area contributed by atoms with Crippen molar-refractivity contribution in [2.75, 3.05) is 0 Å². The molecule has 15 heavy (non-hydrogen) atoms. The maximum atomic E-state index is 11.5. The Morgan fingerprint density at radius 3 is 1.87 bits per heavy atom. The lowest BCUT2D eigenvalue weighted by atomic mass is 10.2. The van der Waals surface area contributed by atoms with Crippen LogP contribution in [-0.2, 0) is 14.4 Å². The van der Waals surface area contributed by atoms with Crippen molar-refractivity contribution < 1.29 is 14.4 Å². The highest BCUT2D eigenvalue weighted by Gasteiger charge is 2.23. The quantitative estimate of drug-likeness (QED) is 0.580. The highest BCUT2D eigenvalue weighted by atomic mass is 16.7. The maximum Gasteiger partial charge on any atom is 0.325 e. The van der Waals surface area contributed by atoms with Crippen LogP contribution in [0.1, 0.15) is 48.5 Å². The van der Waals surface area contributed by atoms with E-state index in [1.807, 2.05) is 41.5 Å². The molecule has 1 atom stereocenters. The lowest BCUT2D eigenvalue weighted by molar-refractivity contribution is -0.165. The van der Waals surface area contributed by atoms with E-state index in [9.17, 15) is 4.79 Å². The summed E-state index contributed by atoms with van der Waals surface area (Å²) in [5, 5.41) is 0. The minimum absolute atomic E-state index is 0.313. The van der Waals surface area contributed by atoms with Gasteiger partial charge >= 0.3 is 5.97 Å². The van der Waals surface area contributed by atoms with E-state index in [2.05, 4.69) is 5.48 Å². The van der Waals surface area contributed by atoms with Gasteiger partial charge in [-0.25, -0.2) is 0 Å². The van der Waals surface area contributed by atoms with Gasteiger partial charge in [-0.05, 0) is 48.5 Å². The van der Waals surface area contributed by atoms with Gasteiger partial charge in [0.15, 0.2) is 0 Å². The maximum absolute atomic E-state index is 11.5. The number of carbonyl (C=O) groups excluding carboxylic acids is 1. The minimum Gasteiger partial charge on any atom is -0.459 e. The summed E-state index contributed by atoms with van der Waals surface area (Å²) in [7, 11) is 0. The Labute approximate surface area is 92.3 Å². The summed E-state index contributed by atoms with van der Waals surface area (Å²) in [5.74, 6) is -0.313. The molecule has 0 aromatic rings. The molecule has 0 aliphatic heterocycles. The van der Waals surface area contributed by atoms with Crippen molar-refractivity contribution in [1.82, 2.24) is 5.48 Å². The Morgan fingerprint density at radius 1 is 1.07 bits per heavy atom. The summed E-state index contributed by atoms with van der Waals surface area (Å²) in [6, 6.07) is -0.469. The van der Waals surface area contributed by atoms with Gasteiger partial charge in [0, 0.05) is 0 Å². The first kappa shape index (κ1) is 14.4. The lowest BCUT2D eigenvalue weighted by Crippen LogP contribution is -2.42. The molecule has 0 radical (unpaired) electrons. The molecule has 0 amide bonds. The fourth-order valence-corrected chi connectivity index (χ4v) is 0.703. The highest BCUT2D eigenvalue weighted by Crippen LogP contribution is 2.09. The molecule has 0 aromatic heterocycles. The predicted molar refractivity (Wildman–Crippen MR) is 59.3 cm³/mol. The number of hydroxylamine groups is 1. The molecular weight excluding hydrogens is 194 g/mol. The smallest absolute Gasteiger partial charge is 0.325 e. The molecule has 0 spiro atoms. The average Bonchev–Trinajstić information content (AvgIpc) is 1.95. The third kappa shape index (κ3) is 8.39. The fraction of sp³-hybridized carbons (Fsp3) is 0.909. The number of nitrogens with one attached hydrogen (secondary N) is 1. The Kier molecular flexibility index (Phi) is 4.74. The van der Waals surface area contributed by atoms with E-state index in [1.54, 1.807) is 6.92 Å². The molecule has 0 rings (SSSR count). The molecule has 1 N–H and O–H groups in total. The standard InChI is InChI=1S/C11H23NO3/c1-8(12-15-11(5,6)7)9(13)14-10(2,3)4/h8,12H,1-7H3. The second kappa shape index (κ2) is 4.94. The second-order valence-corrected chi connectivity index (χ2v) is 5.59. The number of hydrogen-bond acceptors (Lipinski definition) is 4. The predicted octanol–water partition coefficient (Wildman–Crippen LogP) is 2.04. The lowest BCUT2D eigenvalue weighted by Gasteiger charge is -2.25. The van der Waals surface area contributed by atoms with Crippen molar-refractivity contribution in [2.24, 2.45) is 0 Å². The summed E-state index contributed by atoms with van der Waals surface area (Å²) in [6.45, 7) is 12.9. The monoisotopic (exact) mass is 217 g/mol. The fourth-order valence-electron chi connectivity index (χ4n) is 0.703. The van der Waals surface area contributed by atoms with Crippen LogP contribution in [0.4, 0.5) is 0 Å². The third-order valence-electron chi connectivity index (χ3n) is 1.30. The highest BCUT2D eigenvalue weighted by molar-refractivity contribution is 5.75. The van der Waals surface area contributed by atoms with Gasteiger partial charge in [-0.1, -0.05) is 0 Å². The van der Waals surface area contributed by atoms with Crippen LogP contribution in [0.2, 0.25) is 0 Å². The summed E-state index contributed by atoms with van der Waals surface area (Å²) >= 11 is 0. The first-order valence-corrected chi connectivity index (χ1v) is 5.18. The zero-order valence-electron chi connectivity index (χ0n) is 10.8.